The molecule has 0 heterocycles. The lowest BCUT2D eigenvalue weighted by atomic mass is 9.80. The molecular weight excluding hydrogens is 204 g/mol. The third-order valence-corrected chi connectivity index (χ3v) is 4.23. The van der Waals surface area contributed by atoms with E-state index in [1.807, 2.05) is 0 Å². The van der Waals surface area contributed by atoms with Crippen molar-refractivity contribution in [1.29, 1.82) is 0 Å². The van der Waals surface area contributed by atoms with Crippen molar-refractivity contribution >= 4 is 11.6 Å². The van der Waals surface area contributed by atoms with Gasteiger partial charge in [-0.15, -0.1) is 11.6 Å². The Morgan fingerprint density at radius 3 is 2.67 bits per heavy atom. The lowest BCUT2D eigenvalue weighted by molar-refractivity contribution is 0.346. The van der Waals surface area contributed by atoms with Crippen molar-refractivity contribution in [3.63, 3.8) is 0 Å². The fraction of sp³-hybridized carbons (Fsp3) is 0.857. The molecule has 2 aliphatic rings. The Bertz CT molecular complexity index is 225. The summed E-state index contributed by atoms with van der Waals surface area (Å²) >= 11 is 6.25. The van der Waals surface area contributed by atoms with Crippen LogP contribution in [0.1, 0.15) is 58.3 Å². The van der Waals surface area contributed by atoms with Gasteiger partial charge in [-0.3, -0.25) is 0 Å². The summed E-state index contributed by atoms with van der Waals surface area (Å²) in [5.41, 5.74) is 1.65. The zero-order valence-corrected chi connectivity index (χ0v) is 10.6. The van der Waals surface area contributed by atoms with E-state index in [1.54, 1.807) is 5.57 Å². The number of hydrogen-bond donors (Lipinski definition) is 0. The van der Waals surface area contributed by atoms with Crippen molar-refractivity contribution in [3.05, 3.63) is 11.6 Å². The highest BCUT2D eigenvalue weighted by atomic mass is 35.5. The molecule has 2 unspecified atom stereocenters. The van der Waals surface area contributed by atoms with E-state index in [2.05, 4.69) is 13.0 Å². The highest BCUT2D eigenvalue weighted by Crippen LogP contribution is 2.35. The summed E-state index contributed by atoms with van der Waals surface area (Å²) < 4.78 is 0. The molecule has 0 nitrogen and oxygen atoms in total. The van der Waals surface area contributed by atoms with Gasteiger partial charge in [0.25, 0.3) is 0 Å². The molecule has 0 N–H and O–H groups in total. The summed E-state index contributed by atoms with van der Waals surface area (Å²) in [6, 6.07) is 0. The van der Waals surface area contributed by atoms with Crippen molar-refractivity contribution in [2.45, 2.75) is 63.7 Å². The van der Waals surface area contributed by atoms with E-state index < -0.39 is 0 Å². The predicted octanol–water partition coefficient (Wildman–Crippen LogP) is 4.92. The van der Waals surface area contributed by atoms with Crippen LogP contribution in [-0.2, 0) is 0 Å². The summed E-state index contributed by atoms with van der Waals surface area (Å²) in [7, 11) is 0. The average molecular weight is 227 g/mol. The van der Waals surface area contributed by atoms with E-state index in [1.165, 1.54) is 51.4 Å². The Labute approximate surface area is 99.1 Å². The maximum atomic E-state index is 6.25. The molecule has 1 saturated carbocycles. The molecule has 0 bridgehead atoms. The van der Waals surface area contributed by atoms with E-state index >= 15 is 0 Å². The fourth-order valence-electron chi connectivity index (χ4n) is 3.22. The van der Waals surface area contributed by atoms with Crippen molar-refractivity contribution in [2.24, 2.45) is 11.8 Å². The first-order chi connectivity index (χ1) is 7.24. The normalized spacial score (nSPS) is 33.9. The molecule has 1 heteroatoms. The molecular formula is C14H23Cl. The third-order valence-electron chi connectivity index (χ3n) is 3.93. The number of alkyl halides is 1. The number of allylic oxidation sites excluding steroid dienone is 2. The molecule has 0 aliphatic heterocycles. The van der Waals surface area contributed by atoms with Crippen LogP contribution in [0.25, 0.3) is 0 Å². The Morgan fingerprint density at radius 1 is 1.27 bits per heavy atom. The van der Waals surface area contributed by atoms with Crippen LogP contribution >= 0.6 is 11.6 Å². The molecule has 0 saturated heterocycles. The van der Waals surface area contributed by atoms with Gasteiger partial charge in [-0.2, -0.15) is 0 Å². The van der Waals surface area contributed by atoms with Gasteiger partial charge >= 0.3 is 0 Å². The minimum atomic E-state index is 0.312. The molecule has 2 aliphatic carbocycles. The van der Waals surface area contributed by atoms with Crippen LogP contribution in [0.5, 0.6) is 0 Å². The van der Waals surface area contributed by atoms with Crippen molar-refractivity contribution in [2.75, 3.05) is 0 Å². The average Bonchev–Trinajstić information content (AvgIpc) is 2.17. The van der Waals surface area contributed by atoms with Gasteiger partial charge in [0.15, 0.2) is 0 Å². The van der Waals surface area contributed by atoms with Crippen molar-refractivity contribution in [1.82, 2.24) is 0 Å². The van der Waals surface area contributed by atoms with Gasteiger partial charge in [0.2, 0.25) is 0 Å². The zero-order valence-electron chi connectivity index (χ0n) is 9.84. The van der Waals surface area contributed by atoms with E-state index in [0.717, 1.165) is 11.8 Å². The number of hydrogen-bond acceptors (Lipinski definition) is 0. The Hall–Kier alpha value is 0.0300. The third kappa shape index (κ3) is 3.52. The fourth-order valence-corrected chi connectivity index (χ4v) is 3.70. The predicted molar refractivity (Wildman–Crippen MR) is 67.3 cm³/mol. The molecule has 0 spiro atoms. The van der Waals surface area contributed by atoms with Gasteiger partial charge in [-0.25, -0.2) is 0 Å². The summed E-state index contributed by atoms with van der Waals surface area (Å²) in [5.74, 6) is 1.77. The van der Waals surface area contributed by atoms with Gasteiger partial charge in [-0.1, -0.05) is 50.7 Å². The number of halogens is 1. The summed E-state index contributed by atoms with van der Waals surface area (Å²) in [4.78, 5) is 0. The number of rotatable bonds is 2. The van der Waals surface area contributed by atoms with Crippen molar-refractivity contribution in [3.8, 4) is 0 Å². The van der Waals surface area contributed by atoms with Gasteiger partial charge in [0.05, 0.1) is 5.38 Å². The second-order valence-corrected chi connectivity index (χ2v) is 6.15. The molecule has 15 heavy (non-hydrogen) atoms. The Balaban J connectivity index is 1.87. The van der Waals surface area contributed by atoms with Gasteiger partial charge in [-0.05, 0) is 31.1 Å². The smallest absolute Gasteiger partial charge is 0.0521 e. The van der Waals surface area contributed by atoms with Crippen LogP contribution in [0.3, 0.4) is 0 Å². The van der Waals surface area contributed by atoms with Crippen LogP contribution in [0.2, 0.25) is 0 Å². The Kier molecular flexibility index (Phi) is 4.13. The molecule has 0 aromatic rings. The summed E-state index contributed by atoms with van der Waals surface area (Å²) in [5, 5.41) is 0.312. The second kappa shape index (κ2) is 5.39. The van der Waals surface area contributed by atoms with E-state index in [0.29, 0.717) is 5.38 Å². The van der Waals surface area contributed by atoms with E-state index in [4.69, 9.17) is 11.6 Å². The first-order valence-electron chi connectivity index (χ1n) is 6.57. The second-order valence-electron chi connectivity index (χ2n) is 5.59. The topological polar surface area (TPSA) is 0 Å². The highest BCUT2D eigenvalue weighted by Gasteiger charge is 2.21. The molecule has 0 aromatic heterocycles. The summed E-state index contributed by atoms with van der Waals surface area (Å²) in [6.07, 6.45) is 13.5. The highest BCUT2D eigenvalue weighted by molar-refractivity contribution is 6.21. The van der Waals surface area contributed by atoms with Gasteiger partial charge < -0.3 is 0 Å². The van der Waals surface area contributed by atoms with Crippen LogP contribution in [0, 0.1) is 11.8 Å². The van der Waals surface area contributed by atoms with E-state index in [-0.39, 0.29) is 0 Å². The first-order valence-corrected chi connectivity index (χ1v) is 7.01. The maximum Gasteiger partial charge on any atom is 0.0521 e. The molecule has 2 rings (SSSR count). The lowest BCUT2D eigenvalue weighted by Gasteiger charge is -2.27. The SMILES string of the molecule is CC1CC(CC2CCCCC2)=CC(Cl)C1. The minimum absolute atomic E-state index is 0.312. The molecule has 0 aromatic carbocycles. The molecule has 0 amide bonds. The van der Waals surface area contributed by atoms with Gasteiger partial charge in [0, 0.05) is 0 Å². The van der Waals surface area contributed by atoms with E-state index in [9.17, 15) is 0 Å². The molecule has 2 atom stereocenters. The van der Waals surface area contributed by atoms with Crippen LogP contribution in [0.15, 0.2) is 11.6 Å². The monoisotopic (exact) mass is 226 g/mol. The zero-order chi connectivity index (χ0) is 10.7. The van der Waals surface area contributed by atoms with Crippen LogP contribution in [-0.4, -0.2) is 5.38 Å². The van der Waals surface area contributed by atoms with Gasteiger partial charge in [0.1, 0.15) is 0 Å². The van der Waals surface area contributed by atoms with Crippen molar-refractivity contribution < 1.29 is 0 Å². The quantitative estimate of drug-likeness (QED) is 0.463. The molecule has 0 radical (unpaired) electrons. The maximum absolute atomic E-state index is 6.25. The standard InChI is InChI=1S/C14H23Cl/c1-11-7-13(10-14(15)8-11)9-12-5-3-2-4-6-12/h10-12,14H,2-9H2,1H3. The van der Waals surface area contributed by atoms with Crippen LogP contribution < -0.4 is 0 Å². The molecule has 1 fully saturated rings. The first kappa shape index (κ1) is 11.5. The minimum Gasteiger partial charge on any atom is -0.118 e. The Morgan fingerprint density at radius 2 is 2.00 bits per heavy atom. The van der Waals surface area contributed by atoms with Crippen LogP contribution in [0.4, 0.5) is 0 Å². The lowest BCUT2D eigenvalue weighted by Crippen LogP contribution is -2.15. The largest absolute Gasteiger partial charge is 0.118 e. The summed E-state index contributed by atoms with van der Waals surface area (Å²) in [6.45, 7) is 2.34. The molecule has 86 valence electrons.